The van der Waals surface area contributed by atoms with E-state index < -0.39 is 11.8 Å². The van der Waals surface area contributed by atoms with Gasteiger partial charge in [0.1, 0.15) is 0 Å². The Hall–Kier alpha value is -2.37. The lowest BCUT2D eigenvalue weighted by atomic mass is 10.0. The second kappa shape index (κ2) is 7.03. The Morgan fingerprint density at radius 2 is 1.92 bits per heavy atom. The van der Waals surface area contributed by atoms with Crippen molar-refractivity contribution in [1.82, 2.24) is 9.80 Å². The van der Waals surface area contributed by atoms with Crippen molar-refractivity contribution < 1.29 is 14.4 Å². The van der Waals surface area contributed by atoms with E-state index in [0.29, 0.717) is 25.2 Å². The number of likely N-dealkylation sites (tertiary alicyclic amines) is 2. The number of rotatable bonds is 2. The van der Waals surface area contributed by atoms with Crippen molar-refractivity contribution in [1.29, 1.82) is 0 Å². The summed E-state index contributed by atoms with van der Waals surface area (Å²) in [6.45, 7) is 3.80. The second-order valence-corrected chi connectivity index (χ2v) is 6.54. The number of carbonyl (C=O) groups excluding carboxylic acids is 3. The van der Waals surface area contributed by atoms with E-state index >= 15 is 0 Å². The van der Waals surface area contributed by atoms with Crippen LogP contribution in [0.4, 0.5) is 5.69 Å². The lowest BCUT2D eigenvalue weighted by molar-refractivity contribution is -0.144. The molecule has 3 amide bonds. The Labute approximate surface area is 141 Å². The third kappa shape index (κ3) is 3.58. The summed E-state index contributed by atoms with van der Waals surface area (Å²) in [5.74, 6) is -0.879. The highest BCUT2D eigenvalue weighted by atomic mass is 16.2. The molecule has 128 valence electrons. The van der Waals surface area contributed by atoms with Gasteiger partial charge in [0, 0.05) is 37.8 Å². The maximum Gasteiger partial charge on any atom is 0.313 e. The van der Waals surface area contributed by atoms with Crippen LogP contribution < -0.4 is 5.32 Å². The van der Waals surface area contributed by atoms with Gasteiger partial charge in [0.05, 0.1) is 0 Å². The van der Waals surface area contributed by atoms with Gasteiger partial charge in [0.15, 0.2) is 0 Å². The van der Waals surface area contributed by atoms with Gasteiger partial charge in [-0.05, 0) is 43.9 Å². The van der Waals surface area contributed by atoms with Crippen LogP contribution in [0.1, 0.15) is 31.2 Å². The third-order valence-corrected chi connectivity index (χ3v) is 4.77. The molecular formula is C18H23N3O3. The molecule has 1 aromatic carbocycles. The smallest absolute Gasteiger partial charge is 0.313 e. The van der Waals surface area contributed by atoms with Gasteiger partial charge in [-0.1, -0.05) is 12.1 Å². The van der Waals surface area contributed by atoms with Gasteiger partial charge in [0.25, 0.3) is 0 Å². The molecule has 0 saturated carbocycles. The van der Waals surface area contributed by atoms with Gasteiger partial charge >= 0.3 is 11.8 Å². The topological polar surface area (TPSA) is 69.7 Å². The zero-order valence-corrected chi connectivity index (χ0v) is 14.0. The molecule has 0 unspecified atom stereocenters. The molecule has 0 bridgehead atoms. The van der Waals surface area contributed by atoms with Crippen molar-refractivity contribution >= 4 is 23.4 Å². The van der Waals surface area contributed by atoms with Crippen LogP contribution in [0.15, 0.2) is 24.3 Å². The van der Waals surface area contributed by atoms with E-state index in [0.717, 1.165) is 31.4 Å². The normalized spacial score (nSPS) is 18.8. The molecule has 0 radical (unpaired) electrons. The van der Waals surface area contributed by atoms with E-state index in [-0.39, 0.29) is 11.9 Å². The van der Waals surface area contributed by atoms with Crippen LogP contribution in [-0.2, 0) is 14.4 Å². The molecule has 1 aromatic rings. The number of benzene rings is 1. The van der Waals surface area contributed by atoms with Crippen molar-refractivity contribution in [2.45, 2.75) is 38.6 Å². The second-order valence-electron chi connectivity index (χ2n) is 6.54. The fourth-order valence-corrected chi connectivity index (χ4v) is 3.49. The molecular weight excluding hydrogens is 306 g/mol. The molecule has 1 N–H and O–H groups in total. The Balaban J connectivity index is 1.53. The number of anilines is 1. The van der Waals surface area contributed by atoms with Gasteiger partial charge in [0.2, 0.25) is 5.91 Å². The monoisotopic (exact) mass is 329 g/mol. The number of amides is 3. The fraction of sp³-hybridized carbons (Fsp3) is 0.500. The summed E-state index contributed by atoms with van der Waals surface area (Å²) in [5, 5.41) is 2.66. The quantitative estimate of drug-likeness (QED) is 0.837. The summed E-state index contributed by atoms with van der Waals surface area (Å²) in [6.07, 6.45) is 3.05. The SMILES string of the molecule is Cc1cccc(NC(=O)C(=O)N2CCC(N3CCCC3=O)CC2)c1. The zero-order valence-electron chi connectivity index (χ0n) is 14.0. The minimum Gasteiger partial charge on any atom is -0.340 e. The predicted octanol–water partition coefficient (Wildman–Crippen LogP) is 1.55. The summed E-state index contributed by atoms with van der Waals surface area (Å²) in [7, 11) is 0. The summed E-state index contributed by atoms with van der Waals surface area (Å²) in [5.41, 5.74) is 1.65. The van der Waals surface area contributed by atoms with E-state index in [1.54, 1.807) is 11.0 Å². The number of hydrogen-bond donors (Lipinski definition) is 1. The first kappa shape index (κ1) is 16.5. The highest BCUT2D eigenvalue weighted by Crippen LogP contribution is 2.22. The number of aryl methyl sites for hydroxylation is 1. The Morgan fingerprint density at radius 1 is 1.17 bits per heavy atom. The zero-order chi connectivity index (χ0) is 17.1. The average Bonchev–Trinajstić information content (AvgIpc) is 3.00. The first-order valence-corrected chi connectivity index (χ1v) is 8.51. The molecule has 2 heterocycles. The van der Waals surface area contributed by atoms with Crippen LogP contribution in [-0.4, -0.2) is 53.2 Å². The van der Waals surface area contributed by atoms with Gasteiger partial charge in [-0.15, -0.1) is 0 Å². The lowest BCUT2D eigenvalue weighted by Crippen LogP contribution is -2.49. The van der Waals surface area contributed by atoms with Crippen LogP contribution >= 0.6 is 0 Å². The molecule has 24 heavy (non-hydrogen) atoms. The fourth-order valence-electron chi connectivity index (χ4n) is 3.49. The minimum absolute atomic E-state index is 0.212. The van der Waals surface area contributed by atoms with E-state index in [9.17, 15) is 14.4 Å². The number of piperidine rings is 1. The van der Waals surface area contributed by atoms with E-state index in [4.69, 9.17) is 0 Å². The number of carbonyl (C=O) groups is 3. The maximum absolute atomic E-state index is 12.3. The van der Waals surface area contributed by atoms with E-state index in [1.807, 2.05) is 30.0 Å². The Morgan fingerprint density at radius 3 is 2.54 bits per heavy atom. The lowest BCUT2D eigenvalue weighted by Gasteiger charge is -2.36. The standard InChI is InChI=1S/C18H23N3O3/c1-13-4-2-5-14(12-13)19-17(23)18(24)20-10-7-15(8-11-20)21-9-3-6-16(21)22/h2,4-5,12,15H,3,6-11H2,1H3,(H,19,23). The van der Waals surface area contributed by atoms with Gasteiger partial charge in [-0.3, -0.25) is 14.4 Å². The van der Waals surface area contributed by atoms with Crippen LogP contribution in [0.5, 0.6) is 0 Å². The van der Waals surface area contributed by atoms with Crippen molar-refractivity contribution in [2.24, 2.45) is 0 Å². The molecule has 2 aliphatic rings. The molecule has 0 spiro atoms. The molecule has 0 aromatic heterocycles. The van der Waals surface area contributed by atoms with Gasteiger partial charge in [-0.2, -0.15) is 0 Å². The first-order chi connectivity index (χ1) is 11.5. The summed E-state index contributed by atoms with van der Waals surface area (Å²) < 4.78 is 0. The van der Waals surface area contributed by atoms with E-state index in [1.165, 1.54) is 0 Å². The van der Waals surface area contributed by atoms with Crippen molar-refractivity contribution in [3.8, 4) is 0 Å². The molecule has 0 atom stereocenters. The third-order valence-electron chi connectivity index (χ3n) is 4.77. The Bertz CT molecular complexity index is 651. The van der Waals surface area contributed by atoms with Crippen LogP contribution in [0, 0.1) is 6.92 Å². The summed E-state index contributed by atoms with van der Waals surface area (Å²) in [4.78, 5) is 39.8. The van der Waals surface area contributed by atoms with Crippen LogP contribution in [0.25, 0.3) is 0 Å². The van der Waals surface area contributed by atoms with Crippen molar-refractivity contribution in [3.05, 3.63) is 29.8 Å². The number of nitrogens with zero attached hydrogens (tertiary/aromatic N) is 2. The summed E-state index contributed by atoms with van der Waals surface area (Å²) >= 11 is 0. The number of nitrogens with one attached hydrogen (secondary N) is 1. The molecule has 3 rings (SSSR count). The van der Waals surface area contributed by atoms with Gasteiger partial charge < -0.3 is 15.1 Å². The van der Waals surface area contributed by atoms with E-state index in [2.05, 4.69) is 5.32 Å². The van der Waals surface area contributed by atoms with Crippen LogP contribution in [0.3, 0.4) is 0 Å². The summed E-state index contributed by atoms with van der Waals surface area (Å²) in [6, 6.07) is 7.58. The van der Waals surface area contributed by atoms with Crippen molar-refractivity contribution in [3.63, 3.8) is 0 Å². The predicted molar refractivity (Wildman–Crippen MR) is 90.4 cm³/mol. The van der Waals surface area contributed by atoms with Crippen molar-refractivity contribution in [2.75, 3.05) is 25.0 Å². The molecule has 6 heteroatoms. The minimum atomic E-state index is -0.601. The molecule has 6 nitrogen and oxygen atoms in total. The average molecular weight is 329 g/mol. The first-order valence-electron chi connectivity index (χ1n) is 8.51. The maximum atomic E-state index is 12.3. The van der Waals surface area contributed by atoms with Gasteiger partial charge in [-0.25, -0.2) is 0 Å². The highest BCUT2D eigenvalue weighted by Gasteiger charge is 2.33. The largest absolute Gasteiger partial charge is 0.340 e. The number of hydrogen-bond acceptors (Lipinski definition) is 3. The molecule has 0 aliphatic carbocycles. The molecule has 2 aliphatic heterocycles. The highest BCUT2D eigenvalue weighted by molar-refractivity contribution is 6.39. The van der Waals surface area contributed by atoms with Crippen LogP contribution in [0.2, 0.25) is 0 Å². The molecule has 2 fully saturated rings. The Kier molecular flexibility index (Phi) is 4.83. The molecule has 2 saturated heterocycles.